The van der Waals surface area contributed by atoms with Crippen molar-refractivity contribution in [1.29, 1.82) is 0 Å². The molecule has 4 heterocycles. The quantitative estimate of drug-likeness (QED) is 0.456. The van der Waals surface area contributed by atoms with Crippen LogP contribution < -0.4 is 5.32 Å². The van der Waals surface area contributed by atoms with Crippen molar-refractivity contribution in [2.24, 2.45) is 0 Å². The summed E-state index contributed by atoms with van der Waals surface area (Å²) in [5, 5.41) is 5.79. The number of likely N-dealkylation sites (N-methyl/N-ethyl adjacent to an activating group) is 1. The number of benzene rings is 1. The monoisotopic (exact) mass is 461 g/mol. The number of para-hydroxylation sites is 2. The fraction of sp³-hybridized carbons (Fsp3) is 0.333. The van der Waals surface area contributed by atoms with Crippen molar-refractivity contribution in [2.75, 3.05) is 38.5 Å². The van der Waals surface area contributed by atoms with Gasteiger partial charge in [0, 0.05) is 56.4 Å². The standard InChI is InChI=1S/C24H27N7OS/c1-29-12-14-30(15-13-29)16-22-26-20(17-33-22)23(32)28-24-27-19-7-2-3-8-21(19)31(24)11-9-18-6-4-5-10-25-18/h2-8,10,17H,9,11-16H2,1H3,(H,27,28,32). The lowest BCUT2D eigenvalue weighted by molar-refractivity contribution is 0.102. The van der Waals surface area contributed by atoms with Crippen LogP contribution >= 0.6 is 11.3 Å². The van der Waals surface area contributed by atoms with E-state index in [1.165, 1.54) is 11.3 Å². The van der Waals surface area contributed by atoms with E-state index in [1.54, 1.807) is 6.20 Å². The molecule has 0 atom stereocenters. The maximum atomic E-state index is 13.0. The second kappa shape index (κ2) is 9.78. The summed E-state index contributed by atoms with van der Waals surface area (Å²) in [6, 6.07) is 13.8. The number of nitrogens with zero attached hydrogens (tertiary/aromatic N) is 6. The van der Waals surface area contributed by atoms with Crippen LogP contribution in [0.3, 0.4) is 0 Å². The van der Waals surface area contributed by atoms with Crippen LogP contribution in [0.5, 0.6) is 0 Å². The molecule has 1 fully saturated rings. The third-order valence-corrected chi connectivity index (χ3v) is 6.77. The Kier molecular flexibility index (Phi) is 6.43. The smallest absolute Gasteiger partial charge is 0.277 e. The Morgan fingerprint density at radius 2 is 1.88 bits per heavy atom. The Labute approximate surface area is 196 Å². The average Bonchev–Trinajstić information content (AvgIpc) is 3.44. The van der Waals surface area contributed by atoms with Gasteiger partial charge in [0.15, 0.2) is 0 Å². The Balaban J connectivity index is 1.30. The Morgan fingerprint density at radius 1 is 1.06 bits per heavy atom. The molecule has 1 aliphatic heterocycles. The second-order valence-electron chi connectivity index (χ2n) is 8.31. The van der Waals surface area contributed by atoms with E-state index >= 15 is 0 Å². The number of nitrogens with one attached hydrogen (secondary N) is 1. The minimum Gasteiger partial charge on any atom is -0.310 e. The molecule has 1 aromatic carbocycles. The van der Waals surface area contributed by atoms with Crippen LogP contribution in [0.2, 0.25) is 0 Å². The number of piperazine rings is 1. The number of pyridine rings is 1. The average molecular weight is 462 g/mol. The third-order valence-electron chi connectivity index (χ3n) is 5.94. The van der Waals surface area contributed by atoms with Crippen LogP contribution in [-0.2, 0) is 19.5 Å². The SMILES string of the molecule is CN1CCN(Cc2nc(C(=O)Nc3nc4ccccc4n3CCc3ccccn3)cs2)CC1. The summed E-state index contributed by atoms with van der Waals surface area (Å²) in [4.78, 5) is 31.4. The zero-order valence-corrected chi connectivity index (χ0v) is 19.5. The number of rotatable bonds is 7. The maximum Gasteiger partial charge on any atom is 0.277 e. The highest BCUT2D eigenvalue weighted by atomic mass is 32.1. The number of carbonyl (C=O) groups is 1. The van der Waals surface area contributed by atoms with E-state index in [4.69, 9.17) is 0 Å². The molecule has 9 heteroatoms. The van der Waals surface area contributed by atoms with E-state index in [0.29, 0.717) is 18.2 Å². The van der Waals surface area contributed by atoms with Gasteiger partial charge < -0.3 is 9.47 Å². The summed E-state index contributed by atoms with van der Waals surface area (Å²) in [5.74, 6) is 0.302. The molecule has 0 radical (unpaired) electrons. The molecular formula is C24H27N7OS. The van der Waals surface area contributed by atoms with Crippen LogP contribution in [0.25, 0.3) is 11.0 Å². The zero-order valence-electron chi connectivity index (χ0n) is 18.6. The molecule has 1 N–H and O–H groups in total. The van der Waals surface area contributed by atoms with Crippen molar-refractivity contribution in [1.82, 2.24) is 29.3 Å². The van der Waals surface area contributed by atoms with E-state index in [1.807, 2.05) is 52.4 Å². The fourth-order valence-electron chi connectivity index (χ4n) is 4.02. The van der Waals surface area contributed by atoms with Gasteiger partial charge in [0.25, 0.3) is 5.91 Å². The number of aryl methyl sites for hydroxylation is 2. The van der Waals surface area contributed by atoms with Crippen molar-refractivity contribution < 1.29 is 4.79 Å². The normalized spacial score (nSPS) is 15.2. The lowest BCUT2D eigenvalue weighted by Gasteiger charge is -2.31. The molecule has 3 aromatic heterocycles. The van der Waals surface area contributed by atoms with Crippen LogP contribution in [0.4, 0.5) is 5.95 Å². The van der Waals surface area contributed by atoms with Gasteiger partial charge in [0.1, 0.15) is 10.7 Å². The third kappa shape index (κ3) is 5.11. The zero-order chi connectivity index (χ0) is 22.6. The Morgan fingerprint density at radius 3 is 2.70 bits per heavy atom. The van der Waals surface area contributed by atoms with E-state index in [0.717, 1.165) is 60.9 Å². The number of anilines is 1. The molecule has 1 saturated heterocycles. The minimum atomic E-state index is -0.231. The molecule has 0 bridgehead atoms. The van der Waals surface area contributed by atoms with Crippen molar-refractivity contribution in [3.63, 3.8) is 0 Å². The van der Waals surface area contributed by atoms with Crippen LogP contribution in [0, 0.1) is 0 Å². The summed E-state index contributed by atoms with van der Waals surface area (Å²) in [5.41, 5.74) is 3.27. The number of hydrogen-bond donors (Lipinski definition) is 1. The molecule has 0 unspecified atom stereocenters. The largest absolute Gasteiger partial charge is 0.310 e. The molecule has 8 nitrogen and oxygen atoms in total. The second-order valence-corrected chi connectivity index (χ2v) is 9.25. The summed E-state index contributed by atoms with van der Waals surface area (Å²) in [7, 11) is 2.15. The van der Waals surface area contributed by atoms with Gasteiger partial charge in [-0.25, -0.2) is 9.97 Å². The maximum absolute atomic E-state index is 13.0. The first-order chi connectivity index (χ1) is 16.2. The first kappa shape index (κ1) is 21.7. The molecule has 0 spiro atoms. The fourth-order valence-corrected chi connectivity index (χ4v) is 4.84. The molecule has 1 aliphatic rings. The van der Waals surface area contributed by atoms with Gasteiger partial charge in [-0.15, -0.1) is 11.3 Å². The number of amides is 1. The lowest BCUT2D eigenvalue weighted by atomic mass is 10.2. The highest BCUT2D eigenvalue weighted by molar-refractivity contribution is 7.09. The molecule has 5 rings (SSSR count). The van der Waals surface area contributed by atoms with Gasteiger partial charge in [-0.2, -0.15) is 0 Å². The van der Waals surface area contributed by atoms with Crippen molar-refractivity contribution in [3.8, 4) is 0 Å². The summed E-state index contributed by atoms with van der Waals surface area (Å²) in [6.45, 7) is 5.63. The van der Waals surface area contributed by atoms with E-state index < -0.39 is 0 Å². The summed E-state index contributed by atoms with van der Waals surface area (Å²) in [6.07, 6.45) is 2.54. The lowest BCUT2D eigenvalue weighted by Crippen LogP contribution is -2.43. The number of imidazole rings is 1. The number of fused-ring (bicyclic) bond motifs is 1. The summed E-state index contributed by atoms with van der Waals surface area (Å²) >= 11 is 1.54. The predicted octanol–water partition coefficient (Wildman–Crippen LogP) is 3.13. The minimum absolute atomic E-state index is 0.231. The number of carbonyl (C=O) groups excluding carboxylic acids is 1. The van der Waals surface area contributed by atoms with Crippen LogP contribution in [0.1, 0.15) is 21.2 Å². The van der Waals surface area contributed by atoms with Crippen molar-refractivity contribution in [2.45, 2.75) is 19.5 Å². The van der Waals surface area contributed by atoms with Gasteiger partial charge in [-0.3, -0.25) is 20.0 Å². The van der Waals surface area contributed by atoms with Gasteiger partial charge in [0.05, 0.1) is 17.6 Å². The van der Waals surface area contributed by atoms with Gasteiger partial charge in [-0.1, -0.05) is 18.2 Å². The molecule has 0 aliphatic carbocycles. The highest BCUT2D eigenvalue weighted by Gasteiger charge is 2.19. The summed E-state index contributed by atoms with van der Waals surface area (Å²) < 4.78 is 2.04. The first-order valence-corrected chi connectivity index (χ1v) is 12.1. The highest BCUT2D eigenvalue weighted by Crippen LogP contribution is 2.21. The molecule has 33 heavy (non-hydrogen) atoms. The van der Waals surface area contributed by atoms with E-state index in [2.05, 4.69) is 37.1 Å². The van der Waals surface area contributed by atoms with Gasteiger partial charge in [0.2, 0.25) is 5.95 Å². The van der Waals surface area contributed by atoms with Gasteiger partial charge >= 0.3 is 0 Å². The van der Waals surface area contributed by atoms with Crippen LogP contribution in [0.15, 0.2) is 54.0 Å². The molecular weight excluding hydrogens is 434 g/mol. The van der Waals surface area contributed by atoms with Crippen molar-refractivity contribution >= 4 is 34.2 Å². The Hall–Kier alpha value is -3.14. The van der Waals surface area contributed by atoms with E-state index in [-0.39, 0.29) is 5.91 Å². The molecule has 4 aromatic rings. The number of hydrogen-bond acceptors (Lipinski definition) is 7. The predicted molar refractivity (Wildman–Crippen MR) is 131 cm³/mol. The number of aromatic nitrogens is 4. The van der Waals surface area contributed by atoms with E-state index in [9.17, 15) is 4.79 Å². The Bertz CT molecular complexity index is 1230. The number of thiazole rings is 1. The van der Waals surface area contributed by atoms with Crippen molar-refractivity contribution in [3.05, 3.63) is 70.4 Å². The molecule has 0 saturated carbocycles. The molecule has 1 amide bonds. The van der Waals surface area contributed by atoms with Gasteiger partial charge in [-0.05, 0) is 31.3 Å². The topological polar surface area (TPSA) is 79.2 Å². The molecule has 170 valence electrons. The first-order valence-electron chi connectivity index (χ1n) is 11.2. The van der Waals surface area contributed by atoms with Crippen LogP contribution in [-0.4, -0.2) is 68.5 Å².